The Balaban J connectivity index is 2.83. The molecule has 0 fully saturated rings. The minimum absolute atomic E-state index is 0.122. The molecule has 0 aromatic heterocycles. The summed E-state index contributed by atoms with van der Waals surface area (Å²) in [5.41, 5.74) is -0.790. The molecule has 2 nitrogen and oxygen atoms in total. The van der Waals surface area contributed by atoms with E-state index in [0.29, 0.717) is 14.2 Å². The van der Waals surface area contributed by atoms with E-state index in [0.717, 1.165) is 0 Å². The van der Waals surface area contributed by atoms with Crippen molar-refractivity contribution >= 4 is 40.2 Å². The zero-order valence-electron chi connectivity index (χ0n) is 18.7. The predicted molar refractivity (Wildman–Crippen MR) is 90.0 cm³/mol. The number of allylic oxidation sites excluding steroid dienone is 1. The van der Waals surface area contributed by atoms with E-state index in [2.05, 4.69) is 0 Å². The largest absolute Gasteiger partial charge is 0.463 e. The zero-order valence-corrected chi connectivity index (χ0v) is 13.6. The average Bonchev–Trinajstić information content (AvgIpc) is 2.54. The lowest BCUT2D eigenvalue weighted by Gasteiger charge is -2.20. The number of hydrogen-bond donors (Lipinski definition) is 0. The summed E-state index contributed by atoms with van der Waals surface area (Å²) in [5, 5.41) is 0.432. The Morgan fingerprint density at radius 3 is 2.90 bits per heavy atom. The highest BCUT2D eigenvalue weighted by molar-refractivity contribution is 14.1. The average molecular weight is 413 g/mol. The smallest absolute Gasteiger partial charge is 0.333 e. The highest BCUT2D eigenvalue weighted by Gasteiger charge is 2.20. The Labute approximate surface area is 149 Å². The van der Waals surface area contributed by atoms with Crippen LogP contribution in [0.2, 0.25) is 5.02 Å². The van der Waals surface area contributed by atoms with Gasteiger partial charge in [-0.3, -0.25) is 0 Å². The van der Waals surface area contributed by atoms with E-state index in [1.165, 1.54) is 6.92 Å². The Hall–Kier alpha value is -0.550. The quantitative estimate of drug-likeness (QED) is 0.518. The van der Waals surface area contributed by atoms with E-state index < -0.39 is 42.6 Å². The van der Waals surface area contributed by atoms with Gasteiger partial charge in [0.1, 0.15) is 0 Å². The third-order valence-corrected chi connectivity index (χ3v) is 3.87. The molecule has 0 saturated heterocycles. The van der Waals surface area contributed by atoms with Crippen LogP contribution in [0.1, 0.15) is 48.9 Å². The van der Waals surface area contributed by atoms with Crippen molar-refractivity contribution in [1.82, 2.24) is 0 Å². The van der Waals surface area contributed by atoms with Gasteiger partial charge in [0, 0.05) is 25.1 Å². The molecule has 1 aromatic carbocycles. The fraction of sp³-hybridized carbons (Fsp3) is 0.438. The van der Waals surface area contributed by atoms with Crippen LogP contribution in [0.4, 0.5) is 0 Å². The van der Waals surface area contributed by atoms with Gasteiger partial charge in [0.25, 0.3) is 0 Å². The summed E-state index contributed by atoms with van der Waals surface area (Å²) in [4.78, 5) is 12.5. The summed E-state index contributed by atoms with van der Waals surface area (Å²) in [6, 6.07) is 4.72. The van der Waals surface area contributed by atoms with Crippen molar-refractivity contribution in [2.75, 3.05) is 6.61 Å². The normalized spacial score (nSPS) is 31.4. The summed E-state index contributed by atoms with van der Waals surface area (Å²) in [6.45, 7) is 1.37. The maximum absolute atomic E-state index is 12.5. The van der Waals surface area contributed by atoms with Crippen molar-refractivity contribution in [2.45, 2.75) is 38.8 Å². The first kappa shape index (κ1) is 8.18. The molecule has 1 aliphatic carbocycles. The van der Waals surface area contributed by atoms with Gasteiger partial charge in [-0.15, -0.1) is 0 Å². The standard InChI is InChI=1S/C16H18ClIO2/c1-2-20-16(19)14-6-4-3-5-11(14)9-12-7-8-13(17)10-15(12)18/h7-8,10H,2-6,9H2,1H3/i3D2,4D2,5D2,6D2. The fourth-order valence-corrected chi connectivity index (χ4v) is 2.77. The summed E-state index contributed by atoms with van der Waals surface area (Å²) in [7, 11) is 0. The van der Waals surface area contributed by atoms with Crippen LogP contribution in [0.5, 0.6) is 0 Å². The van der Waals surface area contributed by atoms with E-state index in [4.69, 9.17) is 27.3 Å². The number of halogens is 2. The van der Waals surface area contributed by atoms with Crippen LogP contribution in [-0.2, 0) is 16.0 Å². The molecule has 0 bridgehead atoms. The van der Waals surface area contributed by atoms with Crippen LogP contribution in [0.3, 0.4) is 0 Å². The van der Waals surface area contributed by atoms with Crippen molar-refractivity contribution in [3.8, 4) is 0 Å². The van der Waals surface area contributed by atoms with Crippen LogP contribution in [0.15, 0.2) is 29.3 Å². The van der Waals surface area contributed by atoms with Gasteiger partial charge in [0.15, 0.2) is 0 Å². The number of rotatable bonds is 4. The van der Waals surface area contributed by atoms with Crippen molar-refractivity contribution in [3.05, 3.63) is 43.5 Å². The lowest BCUT2D eigenvalue weighted by molar-refractivity contribution is -0.138. The maximum Gasteiger partial charge on any atom is 0.333 e. The van der Waals surface area contributed by atoms with Crippen LogP contribution in [-0.4, -0.2) is 12.6 Å². The Kier molecular flexibility index (Phi) is 3.05. The minimum Gasteiger partial charge on any atom is -0.463 e. The van der Waals surface area contributed by atoms with Crippen molar-refractivity contribution in [1.29, 1.82) is 0 Å². The molecule has 0 radical (unpaired) electrons. The van der Waals surface area contributed by atoms with Crippen LogP contribution in [0.25, 0.3) is 0 Å². The third kappa shape index (κ3) is 3.98. The first-order valence-corrected chi connectivity index (χ1v) is 7.43. The first-order valence-electron chi connectivity index (χ1n) is 9.98. The summed E-state index contributed by atoms with van der Waals surface area (Å²) >= 11 is 7.88. The van der Waals surface area contributed by atoms with Crippen LogP contribution >= 0.6 is 34.2 Å². The maximum atomic E-state index is 12.5. The van der Waals surface area contributed by atoms with E-state index in [1.54, 1.807) is 18.2 Å². The van der Waals surface area contributed by atoms with E-state index in [1.807, 2.05) is 22.6 Å². The number of carbonyl (C=O) groups is 1. The minimum atomic E-state index is -3.32. The molecular formula is C16H18ClIO2. The van der Waals surface area contributed by atoms with Gasteiger partial charge in [0.05, 0.1) is 6.61 Å². The molecule has 0 N–H and O–H groups in total. The second-order valence-electron chi connectivity index (χ2n) is 3.99. The molecule has 0 atom stereocenters. The molecule has 0 amide bonds. The van der Waals surface area contributed by atoms with E-state index in [9.17, 15) is 4.79 Å². The molecule has 0 heterocycles. The Morgan fingerprint density at radius 1 is 1.45 bits per heavy atom. The second kappa shape index (κ2) is 7.46. The van der Waals surface area contributed by atoms with Gasteiger partial charge in [-0.25, -0.2) is 4.79 Å². The molecule has 1 aromatic rings. The topological polar surface area (TPSA) is 26.3 Å². The van der Waals surface area contributed by atoms with Crippen LogP contribution < -0.4 is 0 Å². The highest BCUT2D eigenvalue weighted by atomic mass is 127. The number of carbonyl (C=O) groups excluding carboxylic acids is 1. The first-order chi connectivity index (χ1) is 12.6. The molecule has 20 heavy (non-hydrogen) atoms. The second-order valence-corrected chi connectivity index (χ2v) is 5.59. The molecule has 2 rings (SSSR count). The van der Waals surface area contributed by atoms with E-state index >= 15 is 0 Å². The molecular weight excluding hydrogens is 387 g/mol. The Morgan fingerprint density at radius 2 is 2.20 bits per heavy atom. The molecule has 0 unspecified atom stereocenters. The number of esters is 1. The molecule has 0 saturated carbocycles. The summed E-state index contributed by atoms with van der Waals surface area (Å²) in [6.07, 6.45) is -12.9. The highest BCUT2D eigenvalue weighted by Crippen LogP contribution is 2.30. The lowest BCUT2D eigenvalue weighted by Crippen LogP contribution is -2.14. The van der Waals surface area contributed by atoms with Gasteiger partial charge in [-0.2, -0.15) is 0 Å². The van der Waals surface area contributed by atoms with Gasteiger partial charge >= 0.3 is 5.97 Å². The number of benzene rings is 1. The summed E-state index contributed by atoms with van der Waals surface area (Å²) in [5.74, 6) is -1.20. The monoisotopic (exact) mass is 412 g/mol. The van der Waals surface area contributed by atoms with Gasteiger partial charge in [-0.05, 0) is 79.1 Å². The fourth-order valence-electron chi connectivity index (χ4n) is 1.70. The summed E-state index contributed by atoms with van der Waals surface area (Å²) < 4.78 is 70.7. The van der Waals surface area contributed by atoms with Gasteiger partial charge in [0.2, 0.25) is 0 Å². The molecule has 4 heteroatoms. The molecule has 1 aliphatic rings. The number of ether oxygens (including phenoxy) is 1. The molecule has 0 spiro atoms. The SMILES string of the molecule is [2H]C1([2H])C(Cc2ccc(Cl)cc2I)=C(C(=O)OCC)C([2H])([2H])C([2H])([2H])C1([2H])[2H]. The third-order valence-electron chi connectivity index (χ3n) is 2.63. The molecule has 108 valence electrons. The van der Waals surface area contributed by atoms with E-state index in [-0.39, 0.29) is 13.0 Å². The predicted octanol–water partition coefficient (Wildman–Crippen LogP) is 4.92. The van der Waals surface area contributed by atoms with Crippen molar-refractivity contribution in [3.63, 3.8) is 0 Å². The molecule has 0 aliphatic heterocycles. The van der Waals surface area contributed by atoms with Crippen molar-refractivity contribution < 1.29 is 20.5 Å². The lowest BCUT2D eigenvalue weighted by atomic mass is 9.88. The zero-order chi connectivity index (χ0) is 21.7. The van der Waals surface area contributed by atoms with Gasteiger partial charge in [-0.1, -0.05) is 23.2 Å². The Bertz CT molecular complexity index is 838. The number of hydrogen-bond acceptors (Lipinski definition) is 2. The van der Waals surface area contributed by atoms with Crippen molar-refractivity contribution in [2.24, 2.45) is 0 Å². The van der Waals surface area contributed by atoms with Gasteiger partial charge < -0.3 is 4.74 Å². The van der Waals surface area contributed by atoms with Crippen LogP contribution in [0, 0.1) is 3.57 Å².